The fourth-order valence-electron chi connectivity index (χ4n) is 3.44. The van der Waals surface area contributed by atoms with Crippen LogP contribution in [0.4, 0.5) is 11.6 Å². The van der Waals surface area contributed by atoms with Gasteiger partial charge in [0, 0.05) is 35.1 Å². The van der Waals surface area contributed by atoms with Crippen molar-refractivity contribution < 1.29 is 5.11 Å². The molecule has 4 N–H and O–H groups in total. The van der Waals surface area contributed by atoms with Gasteiger partial charge in [0.15, 0.2) is 0 Å². The predicted molar refractivity (Wildman–Crippen MR) is 116 cm³/mol. The van der Waals surface area contributed by atoms with E-state index in [1.54, 1.807) is 23.7 Å². The van der Waals surface area contributed by atoms with E-state index in [1.165, 1.54) is 47.3 Å². The van der Waals surface area contributed by atoms with E-state index in [2.05, 4.69) is 21.4 Å². The van der Waals surface area contributed by atoms with Gasteiger partial charge < -0.3 is 16.2 Å². The Labute approximate surface area is 172 Å². The summed E-state index contributed by atoms with van der Waals surface area (Å²) in [7, 11) is 0. The average Bonchev–Trinajstić information content (AvgIpc) is 3.48. The monoisotopic (exact) mass is 413 g/mol. The van der Waals surface area contributed by atoms with Gasteiger partial charge in [-0.25, -0.2) is 15.0 Å². The van der Waals surface area contributed by atoms with Gasteiger partial charge in [0.25, 0.3) is 0 Å². The summed E-state index contributed by atoms with van der Waals surface area (Å²) in [4.78, 5) is 14.6. The summed E-state index contributed by atoms with van der Waals surface area (Å²) in [5, 5.41) is 13.8. The molecule has 0 saturated heterocycles. The Morgan fingerprint density at radius 2 is 2.00 bits per heavy atom. The van der Waals surface area contributed by atoms with Crippen molar-refractivity contribution in [2.75, 3.05) is 24.2 Å². The molecule has 0 unspecified atom stereocenters. The number of hydrogen-bond donors (Lipinski definition) is 3. The highest BCUT2D eigenvalue weighted by Crippen LogP contribution is 2.51. The van der Waals surface area contributed by atoms with E-state index in [-0.39, 0.29) is 6.61 Å². The molecule has 3 heterocycles. The molecule has 0 spiro atoms. The van der Waals surface area contributed by atoms with Crippen LogP contribution < -0.4 is 11.1 Å². The normalized spacial score (nSPS) is 17.0. The van der Waals surface area contributed by atoms with Crippen LogP contribution in [0.1, 0.15) is 43.6 Å². The van der Waals surface area contributed by atoms with Crippen LogP contribution in [0.25, 0.3) is 21.5 Å². The van der Waals surface area contributed by atoms with Crippen molar-refractivity contribution >= 4 is 45.0 Å². The highest BCUT2D eigenvalue weighted by molar-refractivity contribution is 8.02. The van der Waals surface area contributed by atoms with Crippen LogP contribution >= 0.6 is 23.1 Å². The van der Waals surface area contributed by atoms with Crippen molar-refractivity contribution in [3.8, 4) is 11.3 Å². The second kappa shape index (κ2) is 7.50. The number of thiophene rings is 1. The number of anilines is 2. The first-order valence-electron chi connectivity index (χ1n) is 9.79. The number of thioether (sulfide) groups is 1. The van der Waals surface area contributed by atoms with Crippen LogP contribution in [0.15, 0.2) is 22.7 Å². The number of hydrogen-bond acceptors (Lipinski definition) is 8. The van der Waals surface area contributed by atoms with E-state index in [0.29, 0.717) is 23.7 Å². The summed E-state index contributed by atoms with van der Waals surface area (Å²) in [5.41, 5.74) is 10.7. The van der Waals surface area contributed by atoms with E-state index in [4.69, 9.17) is 15.8 Å². The first kappa shape index (κ1) is 18.1. The Kier molecular flexibility index (Phi) is 4.86. The Morgan fingerprint density at radius 3 is 2.64 bits per heavy atom. The lowest BCUT2D eigenvalue weighted by atomic mass is 10.0. The molecule has 0 aliphatic heterocycles. The number of nitrogens with zero attached hydrogens (tertiary/aromatic N) is 3. The highest BCUT2D eigenvalue weighted by atomic mass is 32.2. The van der Waals surface area contributed by atoms with Gasteiger partial charge in [0.1, 0.15) is 4.83 Å². The van der Waals surface area contributed by atoms with Gasteiger partial charge in [-0.05, 0) is 43.2 Å². The number of nitrogen functional groups attached to an aromatic ring is 1. The standard InChI is InChI=1S/C20H23N5OS2/c21-17-16-14(11-4-5-11)8-15(12-9-23-20(24-10-12)22-6-7-26)25-18(16)28-19(17)27-13-2-1-3-13/h8-11,13,26H,1-7,21H2,(H,22,23,24). The Balaban J connectivity index is 1.52. The molecule has 0 aromatic carbocycles. The largest absolute Gasteiger partial charge is 0.397 e. The average molecular weight is 414 g/mol. The molecule has 3 aromatic heterocycles. The van der Waals surface area contributed by atoms with Crippen molar-refractivity contribution in [3.63, 3.8) is 0 Å². The Bertz CT molecular complexity index is 996. The van der Waals surface area contributed by atoms with Gasteiger partial charge in [-0.3, -0.25) is 0 Å². The van der Waals surface area contributed by atoms with Gasteiger partial charge in [0.2, 0.25) is 5.95 Å². The van der Waals surface area contributed by atoms with Crippen LogP contribution in [-0.2, 0) is 0 Å². The van der Waals surface area contributed by atoms with Crippen LogP contribution in [0.2, 0.25) is 0 Å². The zero-order valence-corrected chi connectivity index (χ0v) is 17.2. The van der Waals surface area contributed by atoms with Crippen molar-refractivity contribution in [3.05, 3.63) is 24.0 Å². The number of rotatable bonds is 7. The summed E-state index contributed by atoms with van der Waals surface area (Å²) in [6.07, 6.45) is 9.94. The predicted octanol–water partition coefficient (Wildman–Crippen LogP) is 4.26. The third kappa shape index (κ3) is 3.44. The van der Waals surface area contributed by atoms with Gasteiger partial charge in [-0.1, -0.05) is 6.42 Å². The summed E-state index contributed by atoms with van der Waals surface area (Å²) >= 11 is 3.66. The molecule has 5 rings (SSSR count). The van der Waals surface area contributed by atoms with Crippen LogP contribution in [0.5, 0.6) is 0 Å². The van der Waals surface area contributed by atoms with Gasteiger partial charge in [0.05, 0.1) is 22.2 Å². The molecule has 2 saturated carbocycles. The van der Waals surface area contributed by atoms with E-state index >= 15 is 0 Å². The highest BCUT2D eigenvalue weighted by Gasteiger charge is 2.30. The number of aliphatic hydroxyl groups excluding tert-OH is 1. The van der Waals surface area contributed by atoms with E-state index in [9.17, 15) is 0 Å². The summed E-state index contributed by atoms with van der Waals surface area (Å²) < 4.78 is 1.23. The Hall–Kier alpha value is -1.90. The lowest BCUT2D eigenvalue weighted by Gasteiger charge is -2.23. The van der Waals surface area contributed by atoms with Crippen LogP contribution in [-0.4, -0.2) is 38.5 Å². The minimum atomic E-state index is 0.0507. The topological polar surface area (TPSA) is 97.0 Å². The lowest BCUT2D eigenvalue weighted by Crippen LogP contribution is -2.12. The fourth-order valence-corrected chi connectivity index (χ4v) is 6.24. The maximum absolute atomic E-state index is 8.91. The molecule has 0 bridgehead atoms. The number of fused-ring (bicyclic) bond motifs is 1. The van der Waals surface area contributed by atoms with Crippen molar-refractivity contribution in [1.29, 1.82) is 0 Å². The number of pyridine rings is 1. The molecular weight excluding hydrogens is 390 g/mol. The number of aromatic nitrogens is 3. The maximum atomic E-state index is 8.91. The second-order valence-electron chi connectivity index (χ2n) is 7.47. The lowest BCUT2D eigenvalue weighted by molar-refractivity contribution is 0.311. The van der Waals surface area contributed by atoms with Gasteiger partial charge in [-0.2, -0.15) is 0 Å². The minimum absolute atomic E-state index is 0.0507. The fraction of sp³-hybridized carbons (Fsp3) is 0.450. The van der Waals surface area contributed by atoms with E-state index in [1.807, 2.05) is 11.8 Å². The van der Waals surface area contributed by atoms with E-state index in [0.717, 1.165) is 21.8 Å². The molecular formula is C20H23N5OS2. The van der Waals surface area contributed by atoms with E-state index < -0.39 is 0 Å². The molecule has 8 heteroatoms. The molecule has 2 aliphatic rings. The number of aliphatic hydroxyl groups is 1. The molecule has 2 fully saturated rings. The third-order valence-corrected chi connectivity index (χ3v) is 8.05. The zero-order chi connectivity index (χ0) is 19.1. The van der Waals surface area contributed by atoms with Crippen molar-refractivity contribution in [1.82, 2.24) is 15.0 Å². The smallest absolute Gasteiger partial charge is 0.222 e. The quantitative estimate of drug-likeness (QED) is 0.532. The van der Waals surface area contributed by atoms with Crippen LogP contribution in [0.3, 0.4) is 0 Å². The molecule has 3 aromatic rings. The van der Waals surface area contributed by atoms with Crippen molar-refractivity contribution in [2.24, 2.45) is 0 Å². The molecule has 146 valence electrons. The SMILES string of the molecule is Nc1c(SC2CCC2)sc2nc(-c3cnc(NCCO)nc3)cc(C3CC3)c12. The second-order valence-corrected chi connectivity index (χ2v) is 10.0. The molecule has 6 nitrogen and oxygen atoms in total. The molecule has 0 atom stereocenters. The van der Waals surface area contributed by atoms with Crippen LogP contribution in [0, 0.1) is 0 Å². The summed E-state index contributed by atoms with van der Waals surface area (Å²) in [6, 6.07) is 2.18. The first-order chi connectivity index (χ1) is 13.7. The minimum Gasteiger partial charge on any atom is -0.397 e. The summed E-state index contributed by atoms with van der Waals surface area (Å²) in [6.45, 7) is 0.486. The van der Waals surface area contributed by atoms with Gasteiger partial charge in [-0.15, -0.1) is 23.1 Å². The third-order valence-electron chi connectivity index (χ3n) is 5.38. The Morgan fingerprint density at radius 1 is 1.21 bits per heavy atom. The number of nitrogens with two attached hydrogens (primary N) is 1. The molecule has 0 amide bonds. The van der Waals surface area contributed by atoms with Gasteiger partial charge >= 0.3 is 0 Å². The number of nitrogens with one attached hydrogen (secondary N) is 1. The molecule has 2 aliphatic carbocycles. The molecule has 0 radical (unpaired) electrons. The van der Waals surface area contributed by atoms with Crippen molar-refractivity contribution in [2.45, 2.75) is 47.5 Å². The first-order valence-corrected chi connectivity index (χ1v) is 11.5. The zero-order valence-electron chi connectivity index (χ0n) is 15.5. The maximum Gasteiger partial charge on any atom is 0.222 e. The molecule has 28 heavy (non-hydrogen) atoms. The summed E-state index contributed by atoms with van der Waals surface area (Å²) in [5.74, 6) is 1.11.